The molecule has 1 saturated heterocycles. The largest absolute Gasteiger partial charge is 0.494 e. The van der Waals surface area contributed by atoms with Crippen LogP contribution in [0.25, 0.3) is 0 Å². The van der Waals surface area contributed by atoms with Gasteiger partial charge in [-0.05, 0) is 30.5 Å². The number of carbonyl (C=O) groups excluding carboxylic acids is 2. The molecule has 0 bridgehead atoms. The van der Waals surface area contributed by atoms with E-state index in [0.29, 0.717) is 18.5 Å². The lowest BCUT2D eigenvalue weighted by atomic mass is 10.1. The molecule has 0 spiro atoms. The number of carbonyl (C=O) groups is 2. The molecule has 0 N–H and O–H groups in total. The molecule has 2 rings (SSSR count). The van der Waals surface area contributed by atoms with Crippen LogP contribution in [0.15, 0.2) is 18.2 Å². The van der Waals surface area contributed by atoms with E-state index in [0.717, 1.165) is 6.42 Å². The molecule has 6 heteroatoms. The van der Waals surface area contributed by atoms with Gasteiger partial charge >= 0.3 is 5.97 Å². The second kappa shape index (κ2) is 6.56. The van der Waals surface area contributed by atoms with Crippen LogP contribution in [0, 0.1) is 5.82 Å². The van der Waals surface area contributed by atoms with E-state index in [1.165, 1.54) is 31.3 Å². The lowest BCUT2D eigenvalue weighted by molar-refractivity contribution is -0.150. The fourth-order valence-electron chi connectivity index (χ4n) is 2.54. The van der Waals surface area contributed by atoms with Crippen LogP contribution in [-0.2, 0) is 20.7 Å². The van der Waals surface area contributed by atoms with Gasteiger partial charge in [0.25, 0.3) is 0 Å². The predicted octanol–water partition coefficient (Wildman–Crippen LogP) is 1.54. The van der Waals surface area contributed by atoms with Crippen molar-refractivity contribution in [1.82, 2.24) is 4.90 Å². The van der Waals surface area contributed by atoms with Crippen molar-refractivity contribution in [2.45, 2.75) is 25.3 Å². The van der Waals surface area contributed by atoms with Gasteiger partial charge < -0.3 is 14.4 Å². The molecule has 1 aliphatic rings. The second-order valence-corrected chi connectivity index (χ2v) is 4.91. The Morgan fingerprint density at radius 3 is 2.76 bits per heavy atom. The third-order valence-electron chi connectivity index (χ3n) is 3.62. The van der Waals surface area contributed by atoms with E-state index in [4.69, 9.17) is 9.47 Å². The van der Waals surface area contributed by atoms with Crippen LogP contribution in [-0.4, -0.2) is 43.6 Å². The molecule has 1 aliphatic heterocycles. The molecule has 1 heterocycles. The zero-order valence-electron chi connectivity index (χ0n) is 12.1. The maximum absolute atomic E-state index is 13.6. The quantitative estimate of drug-likeness (QED) is 0.791. The standard InChI is InChI=1S/C15H18FNO4/c1-20-13-6-5-10(8-11(13)16)9-14(18)17-7-3-4-12(17)15(19)21-2/h5-6,8,12H,3-4,7,9H2,1-2H3. The number of halogens is 1. The van der Waals surface area contributed by atoms with Gasteiger partial charge in [0.1, 0.15) is 6.04 Å². The first-order valence-corrected chi connectivity index (χ1v) is 6.76. The molecule has 0 radical (unpaired) electrons. The normalized spacial score (nSPS) is 17.7. The molecule has 114 valence electrons. The van der Waals surface area contributed by atoms with Gasteiger partial charge in [-0.3, -0.25) is 4.79 Å². The number of hydrogen-bond acceptors (Lipinski definition) is 4. The van der Waals surface area contributed by atoms with Crippen LogP contribution in [0.5, 0.6) is 5.75 Å². The first kappa shape index (κ1) is 15.3. The van der Waals surface area contributed by atoms with Crippen molar-refractivity contribution < 1.29 is 23.5 Å². The van der Waals surface area contributed by atoms with Gasteiger partial charge in [0.05, 0.1) is 20.6 Å². The van der Waals surface area contributed by atoms with E-state index in [1.807, 2.05) is 0 Å². The Morgan fingerprint density at radius 2 is 2.14 bits per heavy atom. The molecule has 0 aliphatic carbocycles. The lowest BCUT2D eigenvalue weighted by Gasteiger charge is -2.22. The summed E-state index contributed by atoms with van der Waals surface area (Å²) in [5.41, 5.74) is 0.550. The van der Waals surface area contributed by atoms with Crippen molar-refractivity contribution in [3.8, 4) is 5.75 Å². The van der Waals surface area contributed by atoms with Gasteiger partial charge in [-0.2, -0.15) is 0 Å². The maximum Gasteiger partial charge on any atom is 0.328 e. The van der Waals surface area contributed by atoms with Crippen LogP contribution in [0.3, 0.4) is 0 Å². The minimum Gasteiger partial charge on any atom is -0.494 e. The summed E-state index contributed by atoms with van der Waals surface area (Å²) in [5, 5.41) is 0. The van der Waals surface area contributed by atoms with E-state index in [1.54, 1.807) is 6.07 Å². The molecule has 1 aromatic carbocycles. The molecule has 1 fully saturated rings. The highest BCUT2D eigenvalue weighted by atomic mass is 19.1. The SMILES string of the molecule is COC(=O)C1CCCN1C(=O)Cc1ccc(OC)c(F)c1. The van der Waals surface area contributed by atoms with Gasteiger partial charge in [-0.1, -0.05) is 6.07 Å². The number of nitrogens with zero attached hydrogens (tertiary/aromatic N) is 1. The number of likely N-dealkylation sites (tertiary alicyclic amines) is 1. The maximum atomic E-state index is 13.6. The fraction of sp³-hybridized carbons (Fsp3) is 0.467. The average molecular weight is 295 g/mol. The first-order valence-electron chi connectivity index (χ1n) is 6.76. The lowest BCUT2D eigenvalue weighted by Crippen LogP contribution is -2.41. The van der Waals surface area contributed by atoms with Crippen molar-refractivity contribution in [2.75, 3.05) is 20.8 Å². The Morgan fingerprint density at radius 1 is 1.38 bits per heavy atom. The topological polar surface area (TPSA) is 55.8 Å². The summed E-state index contributed by atoms with van der Waals surface area (Å²) in [6.45, 7) is 0.525. The van der Waals surface area contributed by atoms with E-state index in [9.17, 15) is 14.0 Å². The van der Waals surface area contributed by atoms with Gasteiger partial charge in [0, 0.05) is 6.54 Å². The van der Waals surface area contributed by atoms with E-state index in [-0.39, 0.29) is 18.1 Å². The summed E-state index contributed by atoms with van der Waals surface area (Å²) in [5.74, 6) is -0.970. The summed E-state index contributed by atoms with van der Waals surface area (Å²) in [4.78, 5) is 25.4. The highest BCUT2D eigenvalue weighted by Gasteiger charge is 2.34. The van der Waals surface area contributed by atoms with Crippen molar-refractivity contribution in [3.05, 3.63) is 29.6 Å². The smallest absolute Gasteiger partial charge is 0.328 e. The third-order valence-corrected chi connectivity index (χ3v) is 3.62. The van der Waals surface area contributed by atoms with Crippen LogP contribution in [0.1, 0.15) is 18.4 Å². The first-order chi connectivity index (χ1) is 10.1. The Kier molecular flexibility index (Phi) is 4.77. The van der Waals surface area contributed by atoms with Crippen LogP contribution in [0.2, 0.25) is 0 Å². The summed E-state index contributed by atoms with van der Waals surface area (Å²) in [7, 11) is 2.69. The summed E-state index contributed by atoms with van der Waals surface area (Å²) in [6, 6.07) is 3.88. The number of methoxy groups -OCH3 is 2. The number of amides is 1. The highest BCUT2D eigenvalue weighted by molar-refractivity contribution is 5.86. The molecule has 5 nitrogen and oxygen atoms in total. The molecule has 1 amide bonds. The zero-order chi connectivity index (χ0) is 15.4. The molecule has 0 saturated carbocycles. The second-order valence-electron chi connectivity index (χ2n) is 4.91. The minimum atomic E-state index is -0.523. The molecule has 0 aromatic heterocycles. The predicted molar refractivity (Wildman–Crippen MR) is 73.4 cm³/mol. The van der Waals surface area contributed by atoms with Crippen molar-refractivity contribution in [2.24, 2.45) is 0 Å². The third kappa shape index (κ3) is 3.32. The zero-order valence-corrected chi connectivity index (χ0v) is 12.1. The molecule has 21 heavy (non-hydrogen) atoms. The molecule has 1 aromatic rings. The van der Waals surface area contributed by atoms with Crippen molar-refractivity contribution in [3.63, 3.8) is 0 Å². The Hall–Kier alpha value is -2.11. The highest BCUT2D eigenvalue weighted by Crippen LogP contribution is 2.22. The Balaban J connectivity index is 2.07. The van der Waals surface area contributed by atoms with Crippen LogP contribution in [0.4, 0.5) is 4.39 Å². The van der Waals surface area contributed by atoms with E-state index in [2.05, 4.69) is 0 Å². The Labute approximate surface area is 122 Å². The van der Waals surface area contributed by atoms with Crippen molar-refractivity contribution in [1.29, 1.82) is 0 Å². The Bertz CT molecular complexity index is 546. The summed E-state index contributed by atoms with van der Waals surface area (Å²) >= 11 is 0. The number of esters is 1. The molecule has 1 unspecified atom stereocenters. The van der Waals surface area contributed by atoms with E-state index >= 15 is 0 Å². The number of hydrogen-bond donors (Lipinski definition) is 0. The van der Waals surface area contributed by atoms with Crippen LogP contribution < -0.4 is 4.74 Å². The van der Waals surface area contributed by atoms with Gasteiger partial charge in [-0.25, -0.2) is 9.18 Å². The number of benzene rings is 1. The van der Waals surface area contributed by atoms with Gasteiger partial charge in [-0.15, -0.1) is 0 Å². The van der Waals surface area contributed by atoms with Crippen LogP contribution >= 0.6 is 0 Å². The summed E-state index contributed by atoms with van der Waals surface area (Å²) < 4.78 is 23.2. The van der Waals surface area contributed by atoms with Gasteiger partial charge in [0.2, 0.25) is 5.91 Å². The minimum absolute atomic E-state index is 0.0500. The molecular formula is C15H18FNO4. The van der Waals surface area contributed by atoms with Crippen molar-refractivity contribution >= 4 is 11.9 Å². The van der Waals surface area contributed by atoms with E-state index < -0.39 is 17.8 Å². The van der Waals surface area contributed by atoms with Gasteiger partial charge in [0.15, 0.2) is 11.6 Å². The number of rotatable bonds is 4. The summed E-state index contributed by atoms with van der Waals surface area (Å²) in [6.07, 6.45) is 1.42. The molecule has 1 atom stereocenters. The fourth-order valence-corrected chi connectivity index (χ4v) is 2.54. The number of ether oxygens (including phenoxy) is 2. The average Bonchev–Trinajstić information content (AvgIpc) is 2.96. The molecular weight excluding hydrogens is 277 g/mol. The monoisotopic (exact) mass is 295 g/mol.